The van der Waals surface area contributed by atoms with Gasteiger partial charge in [-0.25, -0.2) is 15.0 Å². The second-order valence-corrected chi connectivity index (χ2v) is 6.80. The zero-order valence-electron chi connectivity index (χ0n) is 17.0. The average Bonchev–Trinajstić information content (AvgIpc) is 3.01. The molecule has 1 amide bonds. The van der Waals surface area contributed by atoms with Crippen molar-refractivity contribution in [3.63, 3.8) is 0 Å². The molecule has 0 aliphatic carbocycles. The van der Waals surface area contributed by atoms with Crippen LogP contribution < -0.4 is 10.1 Å². The van der Waals surface area contributed by atoms with Gasteiger partial charge in [0.2, 0.25) is 5.95 Å². The standard InChI is InChI=1S/C23H21N5O2/c1-15-16(2)28(17(3)26-15)23-24-13-18(14-25-23)27-22(29)20-11-7-8-12-21(20)30-19-9-5-4-6-10-19/h4-14H,1-3H3,(H,27,29). The van der Waals surface area contributed by atoms with Crippen molar-refractivity contribution in [2.24, 2.45) is 0 Å². The summed E-state index contributed by atoms with van der Waals surface area (Å²) in [6, 6.07) is 16.4. The molecule has 0 saturated heterocycles. The number of aryl methyl sites for hydroxylation is 2. The van der Waals surface area contributed by atoms with Gasteiger partial charge in [0.1, 0.15) is 17.3 Å². The van der Waals surface area contributed by atoms with Crippen LogP contribution in [0.1, 0.15) is 27.6 Å². The lowest BCUT2D eigenvalue weighted by atomic mass is 10.2. The number of ether oxygens (including phenoxy) is 1. The molecule has 4 aromatic rings. The van der Waals surface area contributed by atoms with Crippen LogP contribution in [0.15, 0.2) is 67.0 Å². The number of imidazole rings is 1. The summed E-state index contributed by atoms with van der Waals surface area (Å²) in [4.78, 5) is 26.0. The van der Waals surface area contributed by atoms with Gasteiger partial charge in [-0.05, 0) is 45.0 Å². The Morgan fingerprint density at radius 3 is 2.27 bits per heavy atom. The van der Waals surface area contributed by atoms with Crippen LogP contribution >= 0.6 is 0 Å². The zero-order chi connectivity index (χ0) is 21.1. The normalized spacial score (nSPS) is 10.6. The molecule has 7 heteroatoms. The summed E-state index contributed by atoms with van der Waals surface area (Å²) >= 11 is 0. The Hall–Kier alpha value is -4.00. The number of rotatable bonds is 5. The Balaban J connectivity index is 1.53. The molecule has 7 nitrogen and oxygen atoms in total. The Morgan fingerprint density at radius 1 is 0.933 bits per heavy atom. The minimum absolute atomic E-state index is 0.302. The maximum absolute atomic E-state index is 12.8. The molecule has 0 saturated carbocycles. The van der Waals surface area contributed by atoms with Crippen LogP contribution in [-0.2, 0) is 0 Å². The van der Waals surface area contributed by atoms with Gasteiger partial charge in [0.05, 0.1) is 29.3 Å². The van der Waals surface area contributed by atoms with Gasteiger partial charge in [-0.2, -0.15) is 0 Å². The molecule has 4 rings (SSSR count). The number of aromatic nitrogens is 4. The van der Waals surface area contributed by atoms with Crippen LogP contribution in [0.5, 0.6) is 11.5 Å². The van der Waals surface area contributed by atoms with Gasteiger partial charge in [-0.15, -0.1) is 0 Å². The third-order valence-corrected chi connectivity index (χ3v) is 4.71. The smallest absolute Gasteiger partial charge is 0.259 e. The Morgan fingerprint density at radius 2 is 1.60 bits per heavy atom. The van der Waals surface area contributed by atoms with Crippen molar-refractivity contribution in [1.82, 2.24) is 19.5 Å². The van der Waals surface area contributed by atoms with Crippen molar-refractivity contribution in [2.75, 3.05) is 5.32 Å². The monoisotopic (exact) mass is 399 g/mol. The van der Waals surface area contributed by atoms with E-state index in [4.69, 9.17) is 4.74 Å². The molecular weight excluding hydrogens is 378 g/mol. The van der Waals surface area contributed by atoms with E-state index in [9.17, 15) is 4.79 Å². The average molecular weight is 399 g/mol. The zero-order valence-corrected chi connectivity index (χ0v) is 17.0. The molecule has 2 heterocycles. The van der Waals surface area contributed by atoms with Crippen LogP contribution in [0.4, 0.5) is 5.69 Å². The summed E-state index contributed by atoms with van der Waals surface area (Å²) in [7, 11) is 0. The van der Waals surface area contributed by atoms with Gasteiger partial charge < -0.3 is 10.1 Å². The van der Waals surface area contributed by atoms with Gasteiger partial charge in [-0.3, -0.25) is 9.36 Å². The van der Waals surface area contributed by atoms with E-state index in [1.54, 1.807) is 30.6 Å². The van der Waals surface area contributed by atoms with E-state index in [0.29, 0.717) is 28.7 Å². The molecule has 150 valence electrons. The summed E-state index contributed by atoms with van der Waals surface area (Å²) in [5.41, 5.74) is 2.83. The van der Waals surface area contributed by atoms with E-state index < -0.39 is 0 Å². The molecular formula is C23H21N5O2. The Labute approximate surface area is 174 Å². The maximum atomic E-state index is 12.8. The van der Waals surface area contributed by atoms with Crippen molar-refractivity contribution in [1.29, 1.82) is 0 Å². The van der Waals surface area contributed by atoms with Gasteiger partial charge in [-0.1, -0.05) is 30.3 Å². The van der Waals surface area contributed by atoms with Crippen LogP contribution in [-0.4, -0.2) is 25.4 Å². The van der Waals surface area contributed by atoms with Crippen molar-refractivity contribution in [3.8, 4) is 17.4 Å². The summed E-state index contributed by atoms with van der Waals surface area (Å²) in [6.45, 7) is 5.82. The fraction of sp³-hybridized carbons (Fsp3) is 0.130. The van der Waals surface area contributed by atoms with Gasteiger partial charge in [0.15, 0.2) is 0 Å². The molecule has 2 aromatic carbocycles. The van der Waals surface area contributed by atoms with Crippen molar-refractivity contribution >= 4 is 11.6 Å². The number of hydrogen-bond acceptors (Lipinski definition) is 5. The lowest BCUT2D eigenvalue weighted by molar-refractivity contribution is 0.102. The number of nitrogens with one attached hydrogen (secondary N) is 1. The predicted molar refractivity (Wildman–Crippen MR) is 114 cm³/mol. The van der Waals surface area contributed by atoms with E-state index >= 15 is 0 Å². The van der Waals surface area contributed by atoms with Crippen LogP contribution in [0.25, 0.3) is 5.95 Å². The van der Waals surface area contributed by atoms with Crippen LogP contribution in [0, 0.1) is 20.8 Å². The number of anilines is 1. The highest BCUT2D eigenvalue weighted by Gasteiger charge is 2.15. The van der Waals surface area contributed by atoms with Crippen molar-refractivity contribution in [2.45, 2.75) is 20.8 Å². The first-order valence-electron chi connectivity index (χ1n) is 9.51. The van der Waals surface area contributed by atoms with E-state index in [1.165, 1.54) is 0 Å². The van der Waals surface area contributed by atoms with E-state index in [-0.39, 0.29) is 5.91 Å². The van der Waals surface area contributed by atoms with Crippen LogP contribution in [0.3, 0.4) is 0 Å². The minimum Gasteiger partial charge on any atom is -0.457 e. The van der Waals surface area contributed by atoms with Gasteiger partial charge in [0.25, 0.3) is 5.91 Å². The number of hydrogen-bond donors (Lipinski definition) is 1. The topological polar surface area (TPSA) is 81.9 Å². The molecule has 0 aliphatic rings. The second kappa shape index (κ2) is 8.16. The highest BCUT2D eigenvalue weighted by atomic mass is 16.5. The SMILES string of the molecule is Cc1nc(C)n(-c2ncc(NC(=O)c3ccccc3Oc3ccccc3)cn2)c1C. The van der Waals surface area contributed by atoms with E-state index in [2.05, 4.69) is 20.3 Å². The summed E-state index contributed by atoms with van der Waals surface area (Å²) in [5.74, 6) is 2.15. The first-order chi connectivity index (χ1) is 14.5. The maximum Gasteiger partial charge on any atom is 0.259 e. The molecule has 0 aliphatic heterocycles. The minimum atomic E-state index is -0.302. The highest BCUT2D eigenvalue weighted by Crippen LogP contribution is 2.25. The third-order valence-electron chi connectivity index (χ3n) is 4.71. The second-order valence-electron chi connectivity index (χ2n) is 6.80. The molecule has 30 heavy (non-hydrogen) atoms. The van der Waals surface area contributed by atoms with Gasteiger partial charge >= 0.3 is 0 Å². The van der Waals surface area contributed by atoms with Crippen LogP contribution in [0.2, 0.25) is 0 Å². The molecule has 0 unspecified atom stereocenters. The quantitative estimate of drug-likeness (QED) is 0.529. The fourth-order valence-electron chi connectivity index (χ4n) is 3.13. The number of para-hydroxylation sites is 2. The third kappa shape index (κ3) is 3.91. The first-order valence-corrected chi connectivity index (χ1v) is 9.51. The molecule has 0 atom stereocenters. The van der Waals surface area contributed by atoms with Gasteiger partial charge in [0, 0.05) is 5.69 Å². The van der Waals surface area contributed by atoms with Crippen molar-refractivity contribution in [3.05, 3.63) is 89.8 Å². The molecule has 1 N–H and O–H groups in total. The molecule has 0 radical (unpaired) electrons. The van der Waals surface area contributed by atoms with E-state index in [0.717, 1.165) is 17.2 Å². The number of nitrogens with zero attached hydrogens (tertiary/aromatic N) is 4. The number of carbonyl (C=O) groups excluding carboxylic acids is 1. The summed E-state index contributed by atoms with van der Waals surface area (Å²) < 4.78 is 7.75. The molecule has 0 spiro atoms. The first kappa shape index (κ1) is 19.3. The predicted octanol–water partition coefficient (Wildman–Crippen LogP) is 4.63. The summed E-state index contributed by atoms with van der Waals surface area (Å²) in [5, 5.41) is 2.83. The Bertz CT molecular complexity index is 1180. The lowest BCUT2D eigenvalue weighted by Crippen LogP contribution is -2.14. The lowest BCUT2D eigenvalue weighted by Gasteiger charge is -2.12. The highest BCUT2D eigenvalue weighted by molar-refractivity contribution is 6.06. The largest absolute Gasteiger partial charge is 0.457 e. The molecule has 0 bridgehead atoms. The molecule has 2 aromatic heterocycles. The van der Waals surface area contributed by atoms with Crippen molar-refractivity contribution < 1.29 is 9.53 Å². The van der Waals surface area contributed by atoms with E-state index in [1.807, 2.05) is 61.7 Å². The number of amides is 1. The molecule has 0 fully saturated rings. The number of carbonyl (C=O) groups is 1. The summed E-state index contributed by atoms with van der Waals surface area (Å²) in [6.07, 6.45) is 3.16. The fourth-order valence-corrected chi connectivity index (χ4v) is 3.13. The Kier molecular flexibility index (Phi) is 5.26. The number of benzene rings is 2.